The number of nitro groups is 1. The van der Waals surface area contributed by atoms with Crippen LogP contribution in [0.15, 0.2) is 42.5 Å². The molecule has 0 saturated heterocycles. The van der Waals surface area contributed by atoms with Gasteiger partial charge >= 0.3 is 0 Å². The van der Waals surface area contributed by atoms with Crippen LogP contribution < -0.4 is 5.32 Å². The van der Waals surface area contributed by atoms with E-state index >= 15 is 0 Å². The molecule has 6 heteroatoms. The molecule has 21 heavy (non-hydrogen) atoms. The summed E-state index contributed by atoms with van der Waals surface area (Å²) < 4.78 is 13.8. The van der Waals surface area contributed by atoms with E-state index in [0.29, 0.717) is 5.56 Å². The van der Waals surface area contributed by atoms with Crippen molar-refractivity contribution < 1.29 is 9.31 Å². The van der Waals surface area contributed by atoms with Gasteiger partial charge in [0.1, 0.15) is 5.69 Å². The second-order valence-corrected chi connectivity index (χ2v) is 4.49. The normalized spacial score (nSPS) is 11.5. The summed E-state index contributed by atoms with van der Waals surface area (Å²) in [4.78, 5) is 10.3. The molecule has 0 spiro atoms. The third kappa shape index (κ3) is 3.15. The van der Waals surface area contributed by atoms with Gasteiger partial charge in [-0.15, -0.1) is 0 Å². The highest BCUT2D eigenvalue weighted by Gasteiger charge is 2.19. The van der Waals surface area contributed by atoms with E-state index in [1.807, 2.05) is 6.07 Å². The molecule has 0 bridgehead atoms. The molecule has 1 N–H and O–H groups in total. The smallest absolute Gasteiger partial charge is 0.295 e. The van der Waals surface area contributed by atoms with Crippen molar-refractivity contribution in [1.82, 2.24) is 0 Å². The molecule has 1 unspecified atom stereocenters. The van der Waals surface area contributed by atoms with Crippen molar-refractivity contribution in [2.75, 3.05) is 5.32 Å². The van der Waals surface area contributed by atoms with Gasteiger partial charge in [0.2, 0.25) is 0 Å². The van der Waals surface area contributed by atoms with E-state index in [2.05, 4.69) is 5.32 Å². The first-order valence-electron chi connectivity index (χ1n) is 6.22. The maximum absolute atomic E-state index is 13.8. The highest BCUT2D eigenvalue weighted by atomic mass is 19.1. The summed E-state index contributed by atoms with van der Waals surface area (Å²) >= 11 is 0. The van der Waals surface area contributed by atoms with Crippen molar-refractivity contribution in [2.45, 2.75) is 13.0 Å². The number of nitro benzene ring substituents is 1. The number of anilines is 1. The Balaban J connectivity index is 2.33. The number of nitrogens with one attached hydrogen (secondary N) is 1. The Morgan fingerprint density at radius 2 is 2.05 bits per heavy atom. The molecule has 0 aliphatic rings. The minimum Gasteiger partial charge on any atom is -0.371 e. The van der Waals surface area contributed by atoms with Crippen LogP contribution >= 0.6 is 0 Å². The molecule has 2 aromatic carbocycles. The van der Waals surface area contributed by atoms with Crippen LogP contribution in [0.4, 0.5) is 15.8 Å². The van der Waals surface area contributed by atoms with E-state index in [4.69, 9.17) is 5.26 Å². The van der Waals surface area contributed by atoms with Gasteiger partial charge in [-0.2, -0.15) is 5.26 Å². The summed E-state index contributed by atoms with van der Waals surface area (Å²) in [6, 6.07) is 12.1. The summed E-state index contributed by atoms with van der Waals surface area (Å²) in [5.41, 5.74) is 0.742. The van der Waals surface area contributed by atoms with Gasteiger partial charge in [-0.1, -0.05) is 18.2 Å². The number of halogens is 1. The quantitative estimate of drug-likeness (QED) is 0.685. The standard InChI is InChI=1S/C15H12FN3O2/c1-10(12-5-2-4-11(8-12)9-17)18-15-13(16)6-3-7-14(15)19(20)21/h2-8,10,18H,1H3. The monoisotopic (exact) mass is 285 g/mol. The van der Waals surface area contributed by atoms with Crippen LogP contribution in [-0.2, 0) is 0 Å². The number of rotatable bonds is 4. The van der Waals surface area contributed by atoms with Gasteiger partial charge in [0.25, 0.3) is 5.69 Å². The topological polar surface area (TPSA) is 79.0 Å². The Labute approximate surface area is 120 Å². The van der Waals surface area contributed by atoms with E-state index in [1.165, 1.54) is 12.1 Å². The average molecular weight is 285 g/mol. The van der Waals surface area contributed by atoms with Crippen LogP contribution in [0.3, 0.4) is 0 Å². The van der Waals surface area contributed by atoms with Gasteiger partial charge < -0.3 is 5.32 Å². The van der Waals surface area contributed by atoms with Crippen molar-refractivity contribution in [3.05, 3.63) is 69.5 Å². The molecule has 5 nitrogen and oxygen atoms in total. The Morgan fingerprint density at radius 1 is 1.33 bits per heavy atom. The molecule has 0 aliphatic carbocycles. The predicted molar refractivity (Wildman–Crippen MR) is 76.2 cm³/mol. The lowest BCUT2D eigenvalue weighted by Crippen LogP contribution is -2.10. The van der Waals surface area contributed by atoms with Crippen LogP contribution in [0.5, 0.6) is 0 Å². The Bertz CT molecular complexity index is 725. The first-order valence-corrected chi connectivity index (χ1v) is 6.22. The molecule has 0 heterocycles. The number of nitriles is 1. The molecular weight excluding hydrogens is 273 g/mol. The van der Waals surface area contributed by atoms with E-state index in [9.17, 15) is 14.5 Å². The fourth-order valence-corrected chi connectivity index (χ4v) is 1.99. The van der Waals surface area contributed by atoms with Crippen LogP contribution in [0, 0.1) is 27.3 Å². The van der Waals surface area contributed by atoms with E-state index in [-0.39, 0.29) is 17.4 Å². The first kappa shape index (κ1) is 14.5. The lowest BCUT2D eigenvalue weighted by molar-refractivity contribution is -0.384. The third-order valence-electron chi connectivity index (χ3n) is 3.06. The number of para-hydroxylation sites is 1. The minimum atomic E-state index is -0.688. The van der Waals surface area contributed by atoms with Crippen LogP contribution in [-0.4, -0.2) is 4.92 Å². The van der Waals surface area contributed by atoms with Crippen molar-refractivity contribution in [2.24, 2.45) is 0 Å². The van der Waals surface area contributed by atoms with Gasteiger partial charge in [0, 0.05) is 12.1 Å². The largest absolute Gasteiger partial charge is 0.371 e. The molecule has 0 radical (unpaired) electrons. The average Bonchev–Trinajstić information content (AvgIpc) is 2.49. The molecule has 0 saturated carbocycles. The molecule has 0 aromatic heterocycles. The van der Waals surface area contributed by atoms with Gasteiger partial charge in [-0.3, -0.25) is 10.1 Å². The fourth-order valence-electron chi connectivity index (χ4n) is 1.99. The maximum Gasteiger partial charge on any atom is 0.295 e. The minimum absolute atomic E-state index is 0.155. The molecule has 2 aromatic rings. The summed E-state index contributed by atoms with van der Waals surface area (Å²) in [6.07, 6.45) is 0. The molecular formula is C15H12FN3O2. The van der Waals surface area contributed by atoms with Gasteiger partial charge in [-0.05, 0) is 30.7 Å². The number of benzene rings is 2. The molecule has 1 atom stereocenters. The van der Waals surface area contributed by atoms with Gasteiger partial charge in [0.05, 0.1) is 16.6 Å². The Morgan fingerprint density at radius 3 is 2.71 bits per heavy atom. The molecule has 106 valence electrons. The first-order chi connectivity index (χ1) is 10.0. The van der Waals surface area contributed by atoms with Crippen molar-refractivity contribution in [3.8, 4) is 6.07 Å². The molecule has 0 aliphatic heterocycles. The van der Waals surface area contributed by atoms with Crippen LogP contribution in [0.25, 0.3) is 0 Å². The third-order valence-corrected chi connectivity index (χ3v) is 3.06. The lowest BCUT2D eigenvalue weighted by atomic mass is 10.1. The van der Waals surface area contributed by atoms with E-state index in [1.54, 1.807) is 31.2 Å². The number of hydrogen-bond donors (Lipinski definition) is 1. The van der Waals surface area contributed by atoms with Crippen LogP contribution in [0.2, 0.25) is 0 Å². The van der Waals surface area contributed by atoms with E-state index in [0.717, 1.165) is 11.6 Å². The zero-order chi connectivity index (χ0) is 15.4. The Hall–Kier alpha value is -2.94. The zero-order valence-corrected chi connectivity index (χ0v) is 11.2. The fraction of sp³-hybridized carbons (Fsp3) is 0.133. The lowest BCUT2D eigenvalue weighted by Gasteiger charge is -2.16. The molecule has 0 fully saturated rings. The highest BCUT2D eigenvalue weighted by Crippen LogP contribution is 2.30. The summed E-state index contributed by atoms with van der Waals surface area (Å²) in [7, 11) is 0. The second-order valence-electron chi connectivity index (χ2n) is 4.49. The number of nitrogens with zero attached hydrogens (tertiary/aromatic N) is 2. The van der Waals surface area contributed by atoms with E-state index < -0.39 is 10.7 Å². The van der Waals surface area contributed by atoms with Gasteiger partial charge in [-0.25, -0.2) is 4.39 Å². The Kier molecular flexibility index (Phi) is 4.14. The van der Waals surface area contributed by atoms with Crippen molar-refractivity contribution in [3.63, 3.8) is 0 Å². The summed E-state index contributed by atoms with van der Waals surface area (Å²) in [6.45, 7) is 1.74. The number of hydrogen-bond acceptors (Lipinski definition) is 4. The van der Waals surface area contributed by atoms with Crippen LogP contribution in [0.1, 0.15) is 24.1 Å². The second kappa shape index (κ2) is 6.01. The molecule has 0 amide bonds. The highest BCUT2D eigenvalue weighted by molar-refractivity contribution is 5.63. The van der Waals surface area contributed by atoms with Crippen molar-refractivity contribution >= 4 is 11.4 Å². The SMILES string of the molecule is CC(Nc1c(F)cccc1[N+](=O)[O-])c1cccc(C#N)c1. The van der Waals surface area contributed by atoms with Gasteiger partial charge in [0.15, 0.2) is 5.82 Å². The zero-order valence-electron chi connectivity index (χ0n) is 11.2. The maximum atomic E-state index is 13.8. The predicted octanol–water partition coefficient (Wildman–Crippen LogP) is 3.78. The molecule has 2 rings (SSSR count). The summed E-state index contributed by atoms with van der Waals surface area (Å²) in [5.74, 6) is -0.688. The summed E-state index contributed by atoms with van der Waals surface area (Å²) in [5, 5.41) is 22.6. The van der Waals surface area contributed by atoms with Crippen molar-refractivity contribution in [1.29, 1.82) is 5.26 Å².